The van der Waals surface area contributed by atoms with Gasteiger partial charge in [-0.2, -0.15) is 0 Å². The van der Waals surface area contributed by atoms with Gasteiger partial charge in [0.15, 0.2) is 6.04 Å². The van der Waals surface area contributed by atoms with Gasteiger partial charge in [-0.25, -0.2) is 9.59 Å². The number of esters is 1. The lowest BCUT2D eigenvalue weighted by molar-refractivity contribution is -0.148. The fourth-order valence-corrected chi connectivity index (χ4v) is 3.02. The lowest BCUT2D eigenvalue weighted by Gasteiger charge is -2.37. The molecule has 28 heavy (non-hydrogen) atoms. The number of amides is 2. The second kappa shape index (κ2) is 8.60. The number of ether oxygens (including phenoxy) is 2. The summed E-state index contributed by atoms with van der Waals surface area (Å²) >= 11 is 0. The summed E-state index contributed by atoms with van der Waals surface area (Å²) in [5.41, 5.74) is 1.15. The summed E-state index contributed by atoms with van der Waals surface area (Å²) in [7, 11) is 1.17. The van der Waals surface area contributed by atoms with Crippen LogP contribution < -0.4 is 5.32 Å². The number of nitrogens with one attached hydrogen (secondary N) is 1. The molecule has 0 radical (unpaired) electrons. The van der Waals surface area contributed by atoms with Crippen LogP contribution >= 0.6 is 0 Å². The molecule has 0 saturated carbocycles. The van der Waals surface area contributed by atoms with Gasteiger partial charge in [-0.3, -0.25) is 9.69 Å². The highest BCUT2D eigenvalue weighted by atomic mass is 16.6. The lowest BCUT2D eigenvalue weighted by Crippen LogP contribution is -2.58. The van der Waals surface area contributed by atoms with Crippen LogP contribution in [0.1, 0.15) is 38.8 Å². The first kappa shape index (κ1) is 21.7. The zero-order valence-corrected chi connectivity index (χ0v) is 16.9. The molecular formula is C20H28N2O6. The number of fused-ring (bicyclic) bond motifs is 1. The van der Waals surface area contributed by atoms with Crippen molar-refractivity contribution in [2.75, 3.05) is 7.11 Å². The maximum Gasteiger partial charge on any atom is 0.411 e. The summed E-state index contributed by atoms with van der Waals surface area (Å²) in [6.45, 7) is 6.83. The zero-order chi connectivity index (χ0) is 21.1. The third-order valence-corrected chi connectivity index (χ3v) is 4.41. The molecule has 154 valence electrons. The van der Waals surface area contributed by atoms with Gasteiger partial charge < -0.3 is 19.9 Å². The molecule has 0 spiro atoms. The van der Waals surface area contributed by atoms with Crippen LogP contribution in [-0.2, 0) is 32.0 Å². The monoisotopic (exact) mass is 392 g/mol. The van der Waals surface area contributed by atoms with Gasteiger partial charge in [0.2, 0.25) is 5.91 Å². The van der Waals surface area contributed by atoms with Crippen molar-refractivity contribution in [1.29, 1.82) is 0 Å². The largest absolute Gasteiger partial charge is 0.467 e. The number of methoxy groups -OCH3 is 1. The van der Waals surface area contributed by atoms with Crippen molar-refractivity contribution in [2.45, 2.75) is 64.4 Å². The van der Waals surface area contributed by atoms with Crippen LogP contribution in [0.25, 0.3) is 0 Å². The van der Waals surface area contributed by atoms with Crippen molar-refractivity contribution < 1.29 is 29.0 Å². The standard InChI is InChI=1S/C20H28N2O6/c1-12(23)16(18(25)27-5)21-17(24)15-10-13-8-6-7-9-14(13)11-22(15)19(26)28-20(2,3)4/h6-9,12,15-16,23H,10-11H2,1-5H3,(H,21,24)/t12-,15+,16+/m1/s1. The summed E-state index contributed by atoms with van der Waals surface area (Å²) in [5, 5.41) is 12.3. The Labute approximate surface area is 164 Å². The Hall–Kier alpha value is -2.61. The summed E-state index contributed by atoms with van der Waals surface area (Å²) in [6, 6.07) is 5.42. The van der Waals surface area contributed by atoms with Crippen LogP contribution in [-0.4, -0.2) is 58.9 Å². The van der Waals surface area contributed by atoms with E-state index >= 15 is 0 Å². The highest BCUT2D eigenvalue weighted by molar-refractivity contribution is 5.90. The number of aliphatic hydroxyl groups excluding tert-OH is 1. The molecule has 0 unspecified atom stereocenters. The van der Waals surface area contributed by atoms with Crippen LogP contribution in [0.4, 0.5) is 4.79 Å². The highest BCUT2D eigenvalue weighted by Gasteiger charge is 2.39. The summed E-state index contributed by atoms with van der Waals surface area (Å²) in [5.74, 6) is -1.32. The van der Waals surface area contributed by atoms with E-state index in [1.165, 1.54) is 18.9 Å². The Morgan fingerprint density at radius 1 is 1.21 bits per heavy atom. The number of nitrogens with zero attached hydrogens (tertiary/aromatic N) is 1. The van der Waals surface area contributed by atoms with Gasteiger partial charge in [-0.05, 0) is 38.8 Å². The maximum atomic E-state index is 12.9. The van der Waals surface area contributed by atoms with Gasteiger partial charge in [0.25, 0.3) is 0 Å². The minimum atomic E-state index is -1.23. The Bertz CT molecular complexity index is 740. The first-order chi connectivity index (χ1) is 13.0. The third-order valence-electron chi connectivity index (χ3n) is 4.41. The second-order valence-corrected chi connectivity index (χ2v) is 7.85. The van der Waals surface area contributed by atoms with E-state index < -0.39 is 41.8 Å². The van der Waals surface area contributed by atoms with Crippen LogP contribution in [0.3, 0.4) is 0 Å². The van der Waals surface area contributed by atoms with Crippen molar-refractivity contribution in [3.8, 4) is 0 Å². The number of rotatable bonds is 4. The molecule has 1 aliphatic rings. The molecule has 0 aliphatic carbocycles. The van der Waals surface area contributed by atoms with Crippen molar-refractivity contribution >= 4 is 18.0 Å². The fourth-order valence-electron chi connectivity index (χ4n) is 3.02. The molecular weight excluding hydrogens is 364 g/mol. The maximum absolute atomic E-state index is 12.9. The number of benzene rings is 1. The highest BCUT2D eigenvalue weighted by Crippen LogP contribution is 2.25. The minimum Gasteiger partial charge on any atom is -0.467 e. The molecule has 0 fully saturated rings. The molecule has 3 atom stereocenters. The van der Waals surface area contributed by atoms with Gasteiger partial charge in [-0.1, -0.05) is 24.3 Å². The molecule has 1 aliphatic heterocycles. The SMILES string of the molecule is COC(=O)[C@@H](NC(=O)[C@@H]1Cc2ccccc2CN1C(=O)OC(C)(C)C)[C@@H](C)O. The first-order valence-electron chi connectivity index (χ1n) is 9.16. The number of aliphatic hydroxyl groups is 1. The minimum absolute atomic E-state index is 0.209. The van der Waals surface area contributed by atoms with Crippen LogP contribution in [0, 0.1) is 0 Å². The van der Waals surface area contributed by atoms with E-state index in [-0.39, 0.29) is 13.0 Å². The number of hydrogen-bond donors (Lipinski definition) is 2. The van der Waals surface area contributed by atoms with Gasteiger partial charge >= 0.3 is 12.1 Å². The zero-order valence-electron chi connectivity index (χ0n) is 16.9. The van der Waals surface area contributed by atoms with Crippen LogP contribution in [0.2, 0.25) is 0 Å². The molecule has 2 N–H and O–H groups in total. The summed E-state index contributed by atoms with van der Waals surface area (Å²) in [6.07, 6.45) is -1.49. The smallest absolute Gasteiger partial charge is 0.411 e. The van der Waals surface area contributed by atoms with Crippen LogP contribution in [0.5, 0.6) is 0 Å². The van der Waals surface area contributed by atoms with E-state index in [9.17, 15) is 19.5 Å². The van der Waals surface area contributed by atoms with E-state index in [0.717, 1.165) is 11.1 Å². The molecule has 0 saturated heterocycles. The van der Waals surface area contributed by atoms with Crippen molar-refractivity contribution in [2.24, 2.45) is 0 Å². The van der Waals surface area contributed by atoms with E-state index in [4.69, 9.17) is 4.74 Å². The number of carbonyl (C=O) groups excluding carboxylic acids is 3. The lowest BCUT2D eigenvalue weighted by atomic mass is 9.93. The molecule has 0 bridgehead atoms. The first-order valence-corrected chi connectivity index (χ1v) is 9.16. The van der Waals surface area contributed by atoms with Gasteiger partial charge in [-0.15, -0.1) is 0 Å². The van der Waals surface area contributed by atoms with Crippen molar-refractivity contribution in [3.05, 3.63) is 35.4 Å². The molecule has 1 aromatic carbocycles. The number of carbonyl (C=O) groups is 3. The molecule has 0 aromatic heterocycles. The average Bonchev–Trinajstić information content (AvgIpc) is 2.62. The van der Waals surface area contributed by atoms with E-state index in [1.54, 1.807) is 20.8 Å². The molecule has 2 rings (SSSR count). The predicted octanol–water partition coefficient (Wildman–Crippen LogP) is 1.39. The summed E-state index contributed by atoms with van der Waals surface area (Å²) < 4.78 is 10.1. The third kappa shape index (κ3) is 5.22. The van der Waals surface area contributed by atoms with Gasteiger partial charge in [0.05, 0.1) is 19.8 Å². The second-order valence-electron chi connectivity index (χ2n) is 7.85. The Morgan fingerprint density at radius 3 is 2.36 bits per heavy atom. The quantitative estimate of drug-likeness (QED) is 0.750. The normalized spacial score (nSPS) is 18.5. The molecule has 2 amide bonds. The number of hydrogen-bond acceptors (Lipinski definition) is 6. The molecule has 1 aromatic rings. The average molecular weight is 392 g/mol. The van der Waals surface area contributed by atoms with Gasteiger partial charge in [0.1, 0.15) is 11.6 Å². The van der Waals surface area contributed by atoms with E-state index in [2.05, 4.69) is 10.1 Å². The molecule has 8 nitrogen and oxygen atoms in total. The Morgan fingerprint density at radius 2 is 1.82 bits per heavy atom. The fraction of sp³-hybridized carbons (Fsp3) is 0.550. The topological polar surface area (TPSA) is 105 Å². The molecule has 8 heteroatoms. The predicted molar refractivity (Wildman–Crippen MR) is 101 cm³/mol. The Kier molecular flexibility index (Phi) is 6.66. The molecule has 1 heterocycles. The van der Waals surface area contributed by atoms with E-state index in [1.807, 2.05) is 24.3 Å². The van der Waals surface area contributed by atoms with Gasteiger partial charge in [0, 0.05) is 6.42 Å². The van der Waals surface area contributed by atoms with Crippen molar-refractivity contribution in [1.82, 2.24) is 10.2 Å². The van der Waals surface area contributed by atoms with E-state index in [0.29, 0.717) is 0 Å². The Balaban J connectivity index is 2.29. The van der Waals surface area contributed by atoms with Crippen molar-refractivity contribution in [3.63, 3.8) is 0 Å². The van der Waals surface area contributed by atoms with Crippen LogP contribution in [0.15, 0.2) is 24.3 Å². The summed E-state index contributed by atoms with van der Waals surface area (Å²) in [4.78, 5) is 38.9.